The molecular formula is C22H23N3O2. The number of aliphatic imine (C=N–C) groups is 1. The molecule has 2 N–H and O–H groups in total. The number of aromatic nitrogens is 2. The topological polar surface area (TPSA) is 70.4 Å². The second kappa shape index (κ2) is 7.66. The van der Waals surface area contributed by atoms with Crippen LogP contribution in [0.5, 0.6) is 5.75 Å². The van der Waals surface area contributed by atoms with Crippen LogP contribution < -0.4 is 5.56 Å². The highest BCUT2D eigenvalue weighted by Crippen LogP contribution is 2.33. The minimum atomic E-state index is -0.110. The molecule has 1 saturated carbocycles. The van der Waals surface area contributed by atoms with Crippen LogP contribution in [-0.4, -0.2) is 21.1 Å². The van der Waals surface area contributed by atoms with Crippen LogP contribution in [0.1, 0.15) is 49.3 Å². The van der Waals surface area contributed by atoms with Gasteiger partial charge in [-0.25, -0.2) is 4.68 Å². The average molecular weight is 361 g/mol. The summed E-state index contributed by atoms with van der Waals surface area (Å²) in [7, 11) is 0. The Balaban J connectivity index is 1.79. The monoisotopic (exact) mass is 361 g/mol. The third-order valence-corrected chi connectivity index (χ3v) is 5.20. The van der Waals surface area contributed by atoms with Gasteiger partial charge < -0.3 is 5.11 Å². The summed E-state index contributed by atoms with van der Waals surface area (Å²) in [5.41, 5.74) is 2.68. The lowest BCUT2D eigenvalue weighted by Crippen LogP contribution is -2.17. The number of aromatic hydroxyl groups is 1. The zero-order valence-corrected chi connectivity index (χ0v) is 15.1. The highest BCUT2D eigenvalue weighted by atomic mass is 16.3. The average Bonchev–Trinajstić information content (AvgIpc) is 3.05. The van der Waals surface area contributed by atoms with E-state index in [0.29, 0.717) is 17.2 Å². The number of hydrogen-bond acceptors (Lipinski definition) is 3. The summed E-state index contributed by atoms with van der Waals surface area (Å²) >= 11 is 0. The Kier molecular flexibility index (Phi) is 4.92. The van der Waals surface area contributed by atoms with Gasteiger partial charge in [0, 0.05) is 17.8 Å². The van der Waals surface area contributed by atoms with E-state index in [1.54, 1.807) is 29.1 Å². The Labute approximate surface area is 158 Å². The molecule has 0 bridgehead atoms. The summed E-state index contributed by atoms with van der Waals surface area (Å²) in [6.07, 6.45) is 7.36. The molecule has 2 aromatic carbocycles. The minimum Gasteiger partial charge on any atom is -0.506 e. The molecule has 27 heavy (non-hydrogen) atoms. The summed E-state index contributed by atoms with van der Waals surface area (Å²) in [6.45, 7) is 0. The van der Waals surface area contributed by atoms with E-state index in [1.165, 1.54) is 19.3 Å². The first-order valence-electron chi connectivity index (χ1n) is 9.46. The van der Waals surface area contributed by atoms with E-state index in [4.69, 9.17) is 0 Å². The second-order valence-electron chi connectivity index (χ2n) is 7.00. The largest absolute Gasteiger partial charge is 0.506 e. The number of aromatic amines is 1. The first kappa shape index (κ1) is 17.3. The van der Waals surface area contributed by atoms with Crippen molar-refractivity contribution in [3.63, 3.8) is 0 Å². The molecule has 1 aromatic heterocycles. The molecular weight excluding hydrogens is 338 g/mol. The van der Waals surface area contributed by atoms with Crippen LogP contribution in [0.25, 0.3) is 5.69 Å². The molecule has 0 spiro atoms. The van der Waals surface area contributed by atoms with Gasteiger partial charge in [0.05, 0.1) is 11.3 Å². The third-order valence-electron chi connectivity index (χ3n) is 5.20. The molecule has 5 heteroatoms. The van der Waals surface area contributed by atoms with Gasteiger partial charge in [0.15, 0.2) is 0 Å². The number of nitrogens with one attached hydrogen (secondary N) is 1. The number of phenols is 1. The van der Waals surface area contributed by atoms with E-state index in [1.807, 2.05) is 36.4 Å². The molecule has 0 radical (unpaired) electrons. The lowest BCUT2D eigenvalue weighted by molar-refractivity contribution is 0.434. The van der Waals surface area contributed by atoms with E-state index >= 15 is 0 Å². The van der Waals surface area contributed by atoms with Gasteiger partial charge in [-0.1, -0.05) is 49.6 Å². The van der Waals surface area contributed by atoms with Crippen LogP contribution in [0.2, 0.25) is 0 Å². The first-order valence-corrected chi connectivity index (χ1v) is 9.46. The number of nitrogens with zero attached hydrogens (tertiary/aromatic N) is 2. The molecule has 0 aliphatic heterocycles. The van der Waals surface area contributed by atoms with Crippen molar-refractivity contribution in [2.75, 3.05) is 0 Å². The quantitative estimate of drug-likeness (QED) is 0.663. The predicted octanol–water partition coefficient (Wildman–Crippen LogP) is 4.67. The Bertz CT molecular complexity index is 996. The highest BCUT2D eigenvalue weighted by Gasteiger charge is 2.23. The Hall–Kier alpha value is -3.08. The maximum absolute atomic E-state index is 13.1. The number of benzene rings is 2. The van der Waals surface area contributed by atoms with Gasteiger partial charge in [-0.2, -0.15) is 0 Å². The van der Waals surface area contributed by atoms with Gasteiger partial charge in [-0.3, -0.25) is 14.9 Å². The fraction of sp³-hybridized carbons (Fsp3) is 0.273. The molecule has 5 nitrogen and oxygen atoms in total. The SMILES string of the molecule is O=c1c(C=Nc2ccccc2O)c(C2CCCCC2)[nH]n1-c1ccccc1. The van der Waals surface area contributed by atoms with Crippen molar-refractivity contribution in [1.29, 1.82) is 0 Å². The Morgan fingerprint density at radius 1 is 1.00 bits per heavy atom. The first-order chi connectivity index (χ1) is 13.2. The zero-order chi connectivity index (χ0) is 18.6. The summed E-state index contributed by atoms with van der Waals surface area (Å²) in [6, 6.07) is 16.5. The van der Waals surface area contributed by atoms with Crippen molar-refractivity contribution in [3.8, 4) is 11.4 Å². The molecule has 0 amide bonds. The van der Waals surface area contributed by atoms with Gasteiger partial charge in [-0.05, 0) is 37.1 Å². The predicted molar refractivity (Wildman–Crippen MR) is 108 cm³/mol. The number of H-pyrrole nitrogens is 1. The van der Waals surface area contributed by atoms with Crippen LogP contribution in [0.15, 0.2) is 64.4 Å². The number of para-hydroxylation sites is 3. The molecule has 1 fully saturated rings. The normalized spacial score (nSPS) is 15.4. The van der Waals surface area contributed by atoms with Crippen molar-refractivity contribution in [3.05, 3.63) is 76.2 Å². The van der Waals surface area contributed by atoms with Crippen molar-refractivity contribution in [2.24, 2.45) is 4.99 Å². The molecule has 1 aliphatic rings. The smallest absolute Gasteiger partial charge is 0.280 e. The van der Waals surface area contributed by atoms with Crippen LogP contribution in [0.4, 0.5) is 5.69 Å². The van der Waals surface area contributed by atoms with Crippen LogP contribution in [0, 0.1) is 0 Å². The molecule has 1 aliphatic carbocycles. The van der Waals surface area contributed by atoms with Gasteiger partial charge in [0.1, 0.15) is 11.4 Å². The molecule has 0 atom stereocenters. The minimum absolute atomic E-state index is 0.104. The maximum atomic E-state index is 13.1. The molecule has 4 rings (SSSR count). The Morgan fingerprint density at radius 3 is 2.44 bits per heavy atom. The van der Waals surface area contributed by atoms with Crippen molar-refractivity contribution in [2.45, 2.75) is 38.0 Å². The maximum Gasteiger partial charge on any atom is 0.280 e. The number of hydrogen-bond donors (Lipinski definition) is 2. The summed E-state index contributed by atoms with van der Waals surface area (Å²) < 4.78 is 1.59. The van der Waals surface area contributed by atoms with Gasteiger partial charge in [0.25, 0.3) is 5.56 Å². The molecule has 0 saturated heterocycles. The number of phenolic OH excluding ortho intramolecular Hbond substituents is 1. The highest BCUT2D eigenvalue weighted by molar-refractivity contribution is 5.84. The van der Waals surface area contributed by atoms with E-state index in [0.717, 1.165) is 24.2 Å². The Morgan fingerprint density at radius 2 is 1.70 bits per heavy atom. The lowest BCUT2D eigenvalue weighted by atomic mass is 9.86. The van der Waals surface area contributed by atoms with E-state index in [-0.39, 0.29) is 11.3 Å². The van der Waals surface area contributed by atoms with Crippen molar-refractivity contribution < 1.29 is 5.11 Å². The lowest BCUT2D eigenvalue weighted by Gasteiger charge is -2.20. The van der Waals surface area contributed by atoms with Crippen LogP contribution >= 0.6 is 0 Å². The summed E-state index contributed by atoms with van der Waals surface area (Å²) in [4.78, 5) is 17.5. The second-order valence-corrected chi connectivity index (χ2v) is 7.00. The third kappa shape index (κ3) is 3.58. The molecule has 138 valence electrons. The van der Waals surface area contributed by atoms with E-state index in [2.05, 4.69) is 10.1 Å². The van der Waals surface area contributed by atoms with Gasteiger partial charge in [-0.15, -0.1) is 0 Å². The standard InChI is InChI=1S/C22H23N3O2/c26-20-14-8-7-13-19(20)23-15-18-21(16-9-3-1-4-10-16)24-25(22(18)27)17-11-5-2-6-12-17/h2,5-8,11-16,24,26H,1,3-4,9-10H2. The van der Waals surface area contributed by atoms with E-state index in [9.17, 15) is 9.90 Å². The molecule has 1 heterocycles. The van der Waals surface area contributed by atoms with Gasteiger partial charge in [0.2, 0.25) is 0 Å². The molecule has 3 aromatic rings. The van der Waals surface area contributed by atoms with Crippen molar-refractivity contribution in [1.82, 2.24) is 9.78 Å². The van der Waals surface area contributed by atoms with Crippen LogP contribution in [-0.2, 0) is 0 Å². The van der Waals surface area contributed by atoms with Crippen molar-refractivity contribution >= 4 is 11.9 Å². The van der Waals surface area contributed by atoms with Crippen LogP contribution in [0.3, 0.4) is 0 Å². The zero-order valence-electron chi connectivity index (χ0n) is 15.1. The van der Waals surface area contributed by atoms with Gasteiger partial charge >= 0.3 is 0 Å². The molecule has 0 unspecified atom stereocenters. The number of rotatable bonds is 4. The fourth-order valence-electron chi connectivity index (χ4n) is 3.76. The summed E-state index contributed by atoms with van der Waals surface area (Å²) in [5.74, 6) is 0.439. The summed E-state index contributed by atoms with van der Waals surface area (Å²) in [5, 5.41) is 13.3. The fourth-order valence-corrected chi connectivity index (χ4v) is 3.76. The van der Waals surface area contributed by atoms with E-state index < -0.39 is 0 Å².